The maximum absolute atomic E-state index is 15.3. The van der Waals surface area contributed by atoms with Crippen LogP contribution in [0.25, 0.3) is 0 Å². The van der Waals surface area contributed by atoms with Crippen LogP contribution in [0.15, 0.2) is 47.4 Å². The van der Waals surface area contributed by atoms with Crippen LogP contribution in [0.4, 0.5) is 39.5 Å². The molecule has 2 aromatic carbocycles. The fourth-order valence-corrected chi connectivity index (χ4v) is 9.38. The zero-order valence-corrected chi connectivity index (χ0v) is 25.0. The standard InChI is InChI=1S/C30H28F9NO5S/c1-45-24(42)26-11-8-25(9-12-26,10-13-26)23(41)40-15-14-27(17-40,46(43,44)20-5-3-19(31)4-6-20)18-2-7-21(22(32)16-18)28(33,29(34,35)36)30(37,38)39/h2-7,16H,8-15,17H2,1H3. The van der Waals surface area contributed by atoms with Crippen molar-refractivity contribution < 1.29 is 62.3 Å². The molecule has 16 heteroatoms. The monoisotopic (exact) mass is 685 g/mol. The molecule has 3 aliphatic carbocycles. The summed E-state index contributed by atoms with van der Waals surface area (Å²) < 4.78 is 155. The molecule has 3 saturated carbocycles. The first-order valence-corrected chi connectivity index (χ1v) is 15.7. The fraction of sp³-hybridized carbons (Fsp3) is 0.533. The number of halogens is 9. The van der Waals surface area contributed by atoms with Gasteiger partial charge in [0, 0.05) is 24.1 Å². The number of carbonyl (C=O) groups excluding carboxylic acids is 2. The summed E-state index contributed by atoms with van der Waals surface area (Å²) in [5.41, 5.74) is -10.8. The first-order valence-electron chi connectivity index (χ1n) is 14.2. The van der Waals surface area contributed by atoms with E-state index in [9.17, 15) is 53.1 Å². The van der Waals surface area contributed by atoms with Crippen LogP contribution >= 0.6 is 0 Å². The van der Waals surface area contributed by atoms with Gasteiger partial charge in [-0.3, -0.25) is 9.59 Å². The molecule has 4 aliphatic rings. The molecule has 1 unspecified atom stereocenters. The number of benzene rings is 2. The van der Waals surface area contributed by atoms with Crippen LogP contribution in [0, 0.1) is 22.5 Å². The number of sulfone groups is 1. The molecule has 1 amide bonds. The van der Waals surface area contributed by atoms with Gasteiger partial charge in [-0.1, -0.05) is 12.1 Å². The molecular formula is C30H28F9NO5S. The number of carbonyl (C=O) groups is 2. The highest BCUT2D eigenvalue weighted by molar-refractivity contribution is 7.92. The first kappa shape index (κ1) is 34.0. The van der Waals surface area contributed by atoms with Gasteiger partial charge in [-0.15, -0.1) is 0 Å². The number of rotatable bonds is 6. The fourth-order valence-electron chi connectivity index (χ4n) is 7.31. The molecule has 2 aromatic rings. The maximum atomic E-state index is 15.3. The van der Waals surface area contributed by atoms with Crippen LogP contribution < -0.4 is 0 Å². The number of ether oxygens (including phenoxy) is 1. The average Bonchev–Trinajstić information content (AvgIpc) is 3.47. The third-order valence-electron chi connectivity index (χ3n) is 10.1. The molecule has 6 rings (SSSR count). The van der Waals surface area contributed by atoms with E-state index in [0.29, 0.717) is 25.3 Å². The van der Waals surface area contributed by atoms with Gasteiger partial charge >= 0.3 is 24.0 Å². The first-order chi connectivity index (χ1) is 21.2. The van der Waals surface area contributed by atoms with E-state index in [-0.39, 0.29) is 37.9 Å². The van der Waals surface area contributed by atoms with Crippen molar-refractivity contribution in [3.8, 4) is 0 Å². The minimum Gasteiger partial charge on any atom is -0.469 e. The Morgan fingerprint density at radius 2 is 1.30 bits per heavy atom. The normalized spacial score (nSPS) is 27.1. The molecule has 1 saturated heterocycles. The van der Waals surface area contributed by atoms with Crippen molar-refractivity contribution in [2.75, 3.05) is 20.2 Å². The molecule has 1 heterocycles. The van der Waals surface area contributed by atoms with Crippen molar-refractivity contribution in [3.05, 3.63) is 65.2 Å². The number of nitrogens with zero attached hydrogens (tertiary/aromatic N) is 1. The molecule has 4 fully saturated rings. The Morgan fingerprint density at radius 3 is 1.78 bits per heavy atom. The topological polar surface area (TPSA) is 80.8 Å². The van der Waals surface area contributed by atoms with Crippen LogP contribution in [0.3, 0.4) is 0 Å². The second-order valence-corrected chi connectivity index (χ2v) is 14.6. The zero-order chi connectivity index (χ0) is 34.1. The van der Waals surface area contributed by atoms with Gasteiger partial charge in [0.2, 0.25) is 5.91 Å². The average molecular weight is 686 g/mol. The summed E-state index contributed by atoms with van der Waals surface area (Å²) in [5, 5.41) is 0. The van der Waals surface area contributed by atoms with E-state index >= 15 is 4.39 Å². The van der Waals surface area contributed by atoms with E-state index in [2.05, 4.69) is 0 Å². The molecule has 2 bridgehead atoms. The number of hydrogen-bond acceptors (Lipinski definition) is 5. The summed E-state index contributed by atoms with van der Waals surface area (Å²) in [6, 6.07) is 3.88. The second kappa shape index (κ2) is 10.9. The molecule has 1 atom stereocenters. The number of amides is 1. The smallest absolute Gasteiger partial charge is 0.436 e. The highest BCUT2D eigenvalue weighted by Gasteiger charge is 2.74. The summed E-state index contributed by atoms with van der Waals surface area (Å²) in [4.78, 5) is 27.1. The van der Waals surface area contributed by atoms with Crippen LogP contribution in [0.2, 0.25) is 0 Å². The minimum atomic E-state index is -6.62. The molecule has 1 aliphatic heterocycles. The van der Waals surface area contributed by atoms with Gasteiger partial charge in [-0.2, -0.15) is 26.3 Å². The maximum Gasteiger partial charge on any atom is 0.436 e. The van der Waals surface area contributed by atoms with E-state index < -0.39 is 95.9 Å². The number of alkyl halides is 7. The lowest BCUT2D eigenvalue weighted by Crippen LogP contribution is -2.54. The Bertz CT molecular complexity index is 1620. The minimum absolute atomic E-state index is 0.0918. The summed E-state index contributed by atoms with van der Waals surface area (Å²) >= 11 is 0. The van der Waals surface area contributed by atoms with Crippen LogP contribution in [-0.2, 0) is 34.6 Å². The van der Waals surface area contributed by atoms with E-state index in [1.807, 2.05) is 0 Å². The van der Waals surface area contributed by atoms with Gasteiger partial charge in [-0.25, -0.2) is 21.6 Å². The van der Waals surface area contributed by atoms with E-state index in [1.165, 1.54) is 12.0 Å². The van der Waals surface area contributed by atoms with E-state index in [4.69, 9.17) is 4.74 Å². The Balaban J connectivity index is 1.57. The van der Waals surface area contributed by atoms with Gasteiger partial charge < -0.3 is 9.64 Å². The summed E-state index contributed by atoms with van der Waals surface area (Å²) in [6.07, 6.45) is -11.8. The number of fused-ring (bicyclic) bond motifs is 3. The zero-order valence-electron chi connectivity index (χ0n) is 24.2. The van der Waals surface area contributed by atoms with Gasteiger partial charge in [0.05, 0.1) is 17.4 Å². The molecule has 0 N–H and O–H groups in total. The van der Waals surface area contributed by atoms with E-state index in [1.54, 1.807) is 0 Å². The SMILES string of the molecule is COC(=O)C12CCC(C(=O)N3CCC(c4ccc(C(F)(C(F)(F)F)C(F)(F)F)c(F)c4)(S(=O)(=O)c4ccc(F)cc4)C3)(CC1)CC2. The number of methoxy groups -OCH3 is 1. The molecular weight excluding hydrogens is 657 g/mol. The lowest BCUT2D eigenvalue weighted by Gasteiger charge is -2.51. The molecule has 0 radical (unpaired) electrons. The third-order valence-corrected chi connectivity index (χ3v) is 12.6. The summed E-state index contributed by atoms with van der Waals surface area (Å²) in [6.45, 7) is -0.918. The second-order valence-electron chi connectivity index (χ2n) is 12.3. The number of esters is 1. The van der Waals surface area contributed by atoms with Crippen molar-refractivity contribution in [2.45, 2.75) is 72.6 Å². The molecule has 46 heavy (non-hydrogen) atoms. The van der Waals surface area contributed by atoms with Gasteiger partial charge in [0.25, 0.3) is 0 Å². The highest BCUT2D eigenvalue weighted by Crippen LogP contribution is 2.59. The lowest BCUT2D eigenvalue weighted by molar-refractivity contribution is -0.349. The van der Waals surface area contributed by atoms with Crippen molar-refractivity contribution >= 4 is 21.7 Å². The Morgan fingerprint density at radius 1 is 0.783 bits per heavy atom. The lowest BCUT2D eigenvalue weighted by atomic mass is 9.53. The summed E-state index contributed by atoms with van der Waals surface area (Å²) in [7, 11) is -3.49. The van der Waals surface area contributed by atoms with Gasteiger partial charge in [0.15, 0.2) is 9.84 Å². The van der Waals surface area contributed by atoms with E-state index in [0.717, 1.165) is 24.3 Å². The van der Waals surface area contributed by atoms with Crippen LogP contribution in [0.1, 0.15) is 56.1 Å². The Hall–Kier alpha value is -3.30. The molecule has 0 spiro atoms. The van der Waals surface area contributed by atoms with Crippen LogP contribution in [0.5, 0.6) is 0 Å². The Labute approximate surface area is 257 Å². The van der Waals surface area contributed by atoms with Crippen molar-refractivity contribution in [2.24, 2.45) is 10.8 Å². The van der Waals surface area contributed by atoms with Crippen molar-refractivity contribution in [1.29, 1.82) is 0 Å². The largest absolute Gasteiger partial charge is 0.469 e. The third kappa shape index (κ3) is 4.88. The van der Waals surface area contributed by atoms with Gasteiger partial charge in [-0.05, 0) is 80.8 Å². The molecule has 0 aromatic heterocycles. The molecule has 6 nitrogen and oxygen atoms in total. The predicted molar refractivity (Wildman–Crippen MR) is 142 cm³/mol. The predicted octanol–water partition coefficient (Wildman–Crippen LogP) is 6.67. The number of hydrogen-bond donors (Lipinski definition) is 0. The van der Waals surface area contributed by atoms with Crippen LogP contribution in [-0.4, -0.2) is 57.7 Å². The highest BCUT2D eigenvalue weighted by atomic mass is 32.2. The van der Waals surface area contributed by atoms with Crippen molar-refractivity contribution in [3.63, 3.8) is 0 Å². The Kier molecular flexibility index (Phi) is 8.05. The van der Waals surface area contributed by atoms with Crippen molar-refractivity contribution in [1.82, 2.24) is 4.90 Å². The number of likely N-dealkylation sites (tertiary alicyclic amines) is 1. The van der Waals surface area contributed by atoms with Gasteiger partial charge in [0.1, 0.15) is 16.4 Å². The molecule has 252 valence electrons. The summed E-state index contributed by atoms with van der Waals surface area (Å²) in [5.74, 6) is -3.97. The quantitative estimate of drug-likeness (QED) is 0.193.